The van der Waals surface area contributed by atoms with Crippen molar-refractivity contribution in [1.82, 2.24) is 15.0 Å². The van der Waals surface area contributed by atoms with Crippen molar-refractivity contribution in [3.8, 4) is 33.9 Å². The maximum Gasteiger partial charge on any atom is 0.163 e. The Kier molecular flexibility index (Phi) is 8.32. The quantitative estimate of drug-likeness (QED) is 0.181. The molecule has 1 heterocycles. The molecule has 0 N–H and O–H groups in total. The summed E-state index contributed by atoms with van der Waals surface area (Å²) in [4.78, 5) is 14.4. The molecule has 5 rings (SSSR count). The Bertz CT molecular complexity index is 1350. The lowest BCUT2D eigenvalue weighted by Gasteiger charge is -2.33. The van der Waals surface area contributed by atoms with E-state index in [4.69, 9.17) is 9.97 Å². The molecule has 0 fully saturated rings. The Hall–Kier alpha value is -3.33. The van der Waals surface area contributed by atoms with Gasteiger partial charge in [-0.1, -0.05) is 132 Å². The minimum absolute atomic E-state index is 0.0632. The molecule has 0 saturated carbocycles. The maximum absolute atomic E-state index is 4.95. The van der Waals surface area contributed by atoms with Crippen molar-refractivity contribution in [2.45, 2.75) is 90.4 Å². The van der Waals surface area contributed by atoms with Gasteiger partial charge in [0.25, 0.3) is 0 Å². The molecule has 4 aromatic rings. The first-order chi connectivity index (χ1) is 18.7. The van der Waals surface area contributed by atoms with E-state index in [2.05, 4.69) is 73.4 Å². The molecule has 0 bridgehead atoms. The SMILES string of the molecule is CCCCCCC1(CCCCCC)c2ccccc2-c2ccc(-c3nc(C)nc(-c4ccccc4)n3)cc21. The van der Waals surface area contributed by atoms with Crippen molar-refractivity contribution >= 4 is 0 Å². The molecule has 1 aliphatic rings. The van der Waals surface area contributed by atoms with E-state index in [9.17, 15) is 0 Å². The highest BCUT2D eigenvalue weighted by atomic mass is 15.0. The number of fused-ring (bicyclic) bond motifs is 3. The zero-order valence-corrected chi connectivity index (χ0v) is 23.3. The fourth-order valence-electron chi connectivity index (χ4n) is 6.29. The van der Waals surface area contributed by atoms with E-state index < -0.39 is 0 Å². The van der Waals surface area contributed by atoms with Gasteiger partial charge < -0.3 is 0 Å². The van der Waals surface area contributed by atoms with Gasteiger partial charge in [-0.15, -0.1) is 0 Å². The van der Waals surface area contributed by atoms with Crippen LogP contribution in [0.2, 0.25) is 0 Å². The highest BCUT2D eigenvalue weighted by molar-refractivity contribution is 5.83. The molecule has 0 spiro atoms. The number of nitrogens with zero attached hydrogens (tertiary/aromatic N) is 3. The first-order valence-electron chi connectivity index (χ1n) is 14.7. The Morgan fingerprint density at radius 3 is 1.84 bits per heavy atom. The van der Waals surface area contributed by atoms with Crippen molar-refractivity contribution < 1.29 is 0 Å². The third-order valence-corrected chi connectivity index (χ3v) is 8.22. The molecular weight excluding hydrogens is 462 g/mol. The van der Waals surface area contributed by atoms with Crippen molar-refractivity contribution in [3.05, 3.63) is 89.7 Å². The second-order valence-corrected chi connectivity index (χ2v) is 10.9. The molecule has 0 radical (unpaired) electrons. The van der Waals surface area contributed by atoms with Crippen molar-refractivity contribution in [3.63, 3.8) is 0 Å². The second kappa shape index (κ2) is 12.0. The van der Waals surface area contributed by atoms with Gasteiger partial charge in [-0.3, -0.25) is 0 Å². The van der Waals surface area contributed by atoms with Gasteiger partial charge in [0.05, 0.1) is 0 Å². The van der Waals surface area contributed by atoms with Crippen LogP contribution in [-0.4, -0.2) is 15.0 Å². The molecule has 38 heavy (non-hydrogen) atoms. The van der Waals surface area contributed by atoms with E-state index in [0.29, 0.717) is 0 Å². The van der Waals surface area contributed by atoms with Gasteiger partial charge in [-0.2, -0.15) is 0 Å². The topological polar surface area (TPSA) is 38.7 Å². The minimum Gasteiger partial charge on any atom is -0.213 e. The number of aryl methyl sites for hydroxylation is 1. The smallest absolute Gasteiger partial charge is 0.163 e. The monoisotopic (exact) mass is 503 g/mol. The molecule has 196 valence electrons. The van der Waals surface area contributed by atoms with Crippen LogP contribution in [0.15, 0.2) is 72.8 Å². The lowest BCUT2D eigenvalue weighted by atomic mass is 9.70. The molecule has 0 amide bonds. The highest BCUT2D eigenvalue weighted by Crippen LogP contribution is 2.54. The van der Waals surface area contributed by atoms with Gasteiger partial charge in [0.2, 0.25) is 0 Å². The van der Waals surface area contributed by atoms with Gasteiger partial charge in [0.15, 0.2) is 11.6 Å². The molecule has 3 heteroatoms. The molecule has 3 aromatic carbocycles. The Morgan fingerprint density at radius 1 is 0.553 bits per heavy atom. The molecule has 0 saturated heterocycles. The maximum atomic E-state index is 4.95. The summed E-state index contributed by atoms with van der Waals surface area (Å²) in [5.74, 6) is 2.26. The fraction of sp³-hybridized carbons (Fsp3) is 0.400. The number of benzene rings is 3. The van der Waals surface area contributed by atoms with E-state index in [-0.39, 0.29) is 5.41 Å². The standard InChI is InChI=1S/C35H41N3/c1-4-6-8-15-23-35(24-16-9-7-5-2)31-20-14-13-19-29(31)30-22-21-28(25-32(30)35)34-37-26(3)36-33(38-34)27-17-11-10-12-18-27/h10-14,17-22,25H,4-9,15-16,23-24H2,1-3H3. The Labute approximate surface area is 228 Å². The van der Waals surface area contributed by atoms with Crippen molar-refractivity contribution in [1.29, 1.82) is 0 Å². The molecule has 1 aliphatic carbocycles. The average Bonchev–Trinajstić information content (AvgIpc) is 3.23. The van der Waals surface area contributed by atoms with E-state index in [0.717, 1.165) is 28.6 Å². The minimum atomic E-state index is 0.0632. The van der Waals surface area contributed by atoms with E-state index in [1.807, 2.05) is 25.1 Å². The summed E-state index contributed by atoms with van der Waals surface area (Å²) >= 11 is 0. The molecule has 0 unspecified atom stereocenters. The largest absolute Gasteiger partial charge is 0.213 e. The summed E-state index contributed by atoms with van der Waals surface area (Å²) in [6.45, 7) is 6.56. The normalized spacial score (nSPS) is 13.3. The van der Waals surface area contributed by atoms with Crippen LogP contribution in [0.3, 0.4) is 0 Å². The zero-order valence-electron chi connectivity index (χ0n) is 23.3. The van der Waals surface area contributed by atoms with Crippen LogP contribution in [0.25, 0.3) is 33.9 Å². The number of rotatable bonds is 12. The van der Waals surface area contributed by atoms with Crippen LogP contribution < -0.4 is 0 Å². The Balaban J connectivity index is 1.59. The first-order valence-corrected chi connectivity index (χ1v) is 14.7. The summed E-state index contributed by atoms with van der Waals surface area (Å²) in [5.41, 5.74) is 7.98. The summed E-state index contributed by atoms with van der Waals surface area (Å²) in [5, 5.41) is 0. The molecule has 1 aromatic heterocycles. The number of unbranched alkanes of at least 4 members (excludes halogenated alkanes) is 6. The second-order valence-electron chi connectivity index (χ2n) is 10.9. The van der Waals surface area contributed by atoms with Crippen molar-refractivity contribution in [2.75, 3.05) is 0 Å². The van der Waals surface area contributed by atoms with E-state index in [1.54, 1.807) is 0 Å². The van der Waals surface area contributed by atoms with Gasteiger partial charge in [-0.25, -0.2) is 15.0 Å². The third-order valence-electron chi connectivity index (χ3n) is 8.22. The van der Waals surface area contributed by atoms with E-state index in [1.165, 1.54) is 86.5 Å². The number of aromatic nitrogens is 3. The van der Waals surface area contributed by atoms with Crippen LogP contribution >= 0.6 is 0 Å². The van der Waals surface area contributed by atoms with E-state index >= 15 is 0 Å². The number of hydrogen-bond acceptors (Lipinski definition) is 3. The van der Waals surface area contributed by atoms with Gasteiger partial charge in [0, 0.05) is 16.5 Å². The van der Waals surface area contributed by atoms with Crippen LogP contribution in [-0.2, 0) is 5.41 Å². The summed E-state index contributed by atoms with van der Waals surface area (Å²) < 4.78 is 0. The molecular formula is C35H41N3. The average molecular weight is 504 g/mol. The fourth-order valence-corrected chi connectivity index (χ4v) is 6.29. The first kappa shape index (κ1) is 26.3. The van der Waals surface area contributed by atoms with Crippen LogP contribution in [0, 0.1) is 6.92 Å². The van der Waals surface area contributed by atoms with Gasteiger partial charge in [-0.05, 0) is 48.1 Å². The highest BCUT2D eigenvalue weighted by Gasteiger charge is 2.42. The summed E-state index contributed by atoms with van der Waals surface area (Å²) in [6.07, 6.45) is 12.7. The predicted octanol–water partition coefficient (Wildman–Crippen LogP) is 9.72. The zero-order chi connectivity index (χ0) is 26.4. The lowest BCUT2D eigenvalue weighted by molar-refractivity contribution is 0.401. The molecule has 3 nitrogen and oxygen atoms in total. The molecule has 0 atom stereocenters. The van der Waals surface area contributed by atoms with Crippen molar-refractivity contribution in [2.24, 2.45) is 0 Å². The van der Waals surface area contributed by atoms with Crippen LogP contribution in [0.1, 0.15) is 95.0 Å². The molecule has 0 aliphatic heterocycles. The third kappa shape index (κ3) is 5.29. The Morgan fingerprint density at radius 2 is 1.16 bits per heavy atom. The predicted molar refractivity (Wildman–Crippen MR) is 159 cm³/mol. The number of hydrogen-bond donors (Lipinski definition) is 0. The van der Waals surface area contributed by atoms with Gasteiger partial charge >= 0.3 is 0 Å². The lowest BCUT2D eigenvalue weighted by Crippen LogP contribution is -2.25. The van der Waals surface area contributed by atoms with Crippen LogP contribution in [0.5, 0.6) is 0 Å². The summed E-state index contributed by atoms with van der Waals surface area (Å²) in [7, 11) is 0. The summed E-state index contributed by atoms with van der Waals surface area (Å²) in [6, 6.07) is 26.3. The van der Waals surface area contributed by atoms with Crippen LogP contribution in [0.4, 0.5) is 0 Å². The van der Waals surface area contributed by atoms with Gasteiger partial charge in [0.1, 0.15) is 5.82 Å².